The van der Waals surface area contributed by atoms with Crippen LogP contribution in [0.25, 0.3) is 0 Å². The molecule has 2 aromatic carbocycles. The maximum Gasteiger partial charge on any atom is 0.0991 e. The Hall–Kier alpha value is -2.27. The van der Waals surface area contributed by atoms with Crippen molar-refractivity contribution in [3.8, 4) is 6.07 Å². The Balaban J connectivity index is 2.19. The van der Waals surface area contributed by atoms with Crippen molar-refractivity contribution in [2.75, 3.05) is 11.4 Å². The fourth-order valence-electron chi connectivity index (χ4n) is 2.19. The van der Waals surface area contributed by atoms with Gasteiger partial charge in [-0.2, -0.15) is 5.26 Å². The van der Waals surface area contributed by atoms with Crippen LogP contribution in [0.5, 0.6) is 0 Å². The smallest absolute Gasteiger partial charge is 0.0991 e. The number of rotatable bonds is 4. The molecule has 0 bridgehead atoms. The summed E-state index contributed by atoms with van der Waals surface area (Å²) < 4.78 is 0. The van der Waals surface area contributed by atoms with E-state index in [1.165, 1.54) is 16.8 Å². The molecule has 0 N–H and O–H groups in total. The van der Waals surface area contributed by atoms with E-state index >= 15 is 0 Å². The van der Waals surface area contributed by atoms with Gasteiger partial charge in [0.25, 0.3) is 0 Å². The number of hydrogen-bond donors (Lipinski definition) is 0. The number of benzene rings is 2. The van der Waals surface area contributed by atoms with Crippen LogP contribution in [0, 0.1) is 18.3 Å². The molecule has 19 heavy (non-hydrogen) atoms. The fraction of sp³-hybridized carbons (Fsp3) is 0.235. The molecule has 2 heteroatoms. The van der Waals surface area contributed by atoms with E-state index in [4.69, 9.17) is 5.26 Å². The van der Waals surface area contributed by atoms with E-state index in [1.807, 2.05) is 24.3 Å². The first kappa shape index (κ1) is 13.2. The summed E-state index contributed by atoms with van der Waals surface area (Å²) >= 11 is 0. The minimum atomic E-state index is 0.711. The van der Waals surface area contributed by atoms with Crippen LogP contribution < -0.4 is 4.90 Å². The molecule has 0 saturated heterocycles. The predicted molar refractivity (Wildman–Crippen MR) is 79.1 cm³/mol. The van der Waals surface area contributed by atoms with Crippen LogP contribution in [0.3, 0.4) is 0 Å². The maximum atomic E-state index is 8.81. The third-order valence-electron chi connectivity index (χ3n) is 3.29. The molecular weight excluding hydrogens is 232 g/mol. The summed E-state index contributed by atoms with van der Waals surface area (Å²) in [5.41, 5.74) is 4.50. The number of anilines is 1. The van der Waals surface area contributed by atoms with Crippen molar-refractivity contribution in [1.29, 1.82) is 5.26 Å². The summed E-state index contributed by atoms with van der Waals surface area (Å²) in [6.07, 6.45) is 0. The highest BCUT2D eigenvalue weighted by Gasteiger charge is 2.07. The van der Waals surface area contributed by atoms with Gasteiger partial charge in [-0.25, -0.2) is 0 Å². The van der Waals surface area contributed by atoms with Gasteiger partial charge < -0.3 is 4.90 Å². The largest absolute Gasteiger partial charge is 0.367 e. The van der Waals surface area contributed by atoms with Crippen LogP contribution in [-0.2, 0) is 6.54 Å². The van der Waals surface area contributed by atoms with Gasteiger partial charge in [0, 0.05) is 18.8 Å². The van der Waals surface area contributed by atoms with Crippen LogP contribution >= 0.6 is 0 Å². The average Bonchev–Trinajstić information content (AvgIpc) is 2.46. The maximum absolute atomic E-state index is 8.81. The van der Waals surface area contributed by atoms with Gasteiger partial charge in [-0.3, -0.25) is 0 Å². The van der Waals surface area contributed by atoms with Crippen molar-refractivity contribution in [2.45, 2.75) is 20.4 Å². The molecule has 0 amide bonds. The minimum Gasteiger partial charge on any atom is -0.367 e. The molecule has 0 aliphatic rings. The summed E-state index contributed by atoms with van der Waals surface area (Å²) in [7, 11) is 0. The molecule has 2 nitrogen and oxygen atoms in total. The Morgan fingerprint density at radius 1 is 1.05 bits per heavy atom. The number of para-hydroxylation sites is 1. The number of hydrogen-bond acceptors (Lipinski definition) is 2. The lowest BCUT2D eigenvalue weighted by atomic mass is 10.1. The van der Waals surface area contributed by atoms with Crippen molar-refractivity contribution >= 4 is 5.69 Å². The number of aryl methyl sites for hydroxylation is 1. The molecule has 0 aliphatic carbocycles. The van der Waals surface area contributed by atoms with Gasteiger partial charge in [-0.15, -0.1) is 0 Å². The normalized spacial score (nSPS) is 9.95. The molecule has 0 unspecified atom stereocenters. The third kappa shape index (κ3) is 3.14. The average molecular weight is 250 g/mol. The molecular formula is C17H18N2. The van der Waals surface area contributed by atoms with Crippen LogP contribution in [0.4, 0.5) is 5.69 Å². The second-order valence-corrected chi connectivity index (χ2v) is 4.61. The van der Waals surface area contributed by atoms with Crippen LogP contribution in [0.15, 0.2) is 48.5 Å². The Morgan fingerprint density at radius 3 is 2.32 bits per heavy atom. The van der Waals surface area contributed by atoms with Gasteiger partial charge in [0.15, 0.2) is 0 Å². The highest BCUT2D eigenvalue weighted by molar-refractivity contribution is 5.53. The highest BCUT2D eigenvalue weighted by atomic mass is 15.1. The van der Waals surface area contributed by atoms with Crippen LogP contribution in [-0.4, -0.2) is 6.54 Å². The Kier molecular flexibility index (Phi) is 4.20. The van der Waals surface area contributed by atoms with Gasteiger partial charge in [0.2, 0.25) is 0 Å². The highest BCUT2D eigenvalue weighted by Crippen LogP contribution is 2.21. The van der Waals surface area contributed by atoms with E-state index in [1.54, 1.807) is 0 Å². The van der Waals surface area contributed by atoms with Crippen molar-refractivity contribution in [3.05, 3.63) is 65.2 Å². The molecule has 0 spiro atoms. The molecule has 2 aromatic rings. The number of nitriles is 1. The molecule has 0 atom stereocenters. The zero-order valence-electron chi connectivity index (χ0n) is 11.4. The lowest BCUT2D eigenvalue weighted by Crippen LogP contribution is -2.22. The fourth-order valence-corrected chi connectivity index (χ4v) is 2.19. The van der Waals surface area contributed by atoms with Crippen LogP contribution in [0.1, 0.15) is 23.6 Å². The standard InChI is InChI=1S/C17H18N2/c1-3-19(17-7-5-4-6-14(17)2)13-16-10-8-15(12-18)9-11-16/h4-11H,3,13H2,1-2H3. The number of nitrogens with zero attached hydrogens (tertiary/aromatic N) is 2. The molecule has 0 radical (unpaired) electrons. The Bertz CT molecular complexity index is 579. The van der Waals surface area contributed by atoms with Crippen molar-refractivity contribution in [1.82, 2.24) is 0 Å². The Labute approximate surface area is 114 Å². The molecule has 0 aliphatic heterocycles. The van der Waals surface area contributed by atoms with Crippen LogP contribution in [0.2, 0.25) is 0 Å². The van der Waals surface area contributed by atoms with Crippen molar-refractivity contribution < 1.29 is 0 Å². The summed E-state index contributed by atoms with van der Waals surface area (Å²) in [6, 6.07) is 18.4. The Morgan fingerprint density at radius 2 is 1.74 bits per heavy atom. The third-order valence-corrected chi connectivity index (χ3v) is 3.29. The first-order valence-corrected chi connectivity index (χ1v) is 6.54. The van der Waals surface area contributed by atoms with Gasteiger partial charge in [-0.05, 0) is 43.2 Å². The van der Waals surface area contributed by atoms with Gasteiger partial charge in [0.1, 0.15) is 0 Å². The van der Waals surface area contributed by atoms with E-state index < -0.39 is 0 Å². The second-order valence-electron chi connectivity index (χ2n) is 4.61. The molecule has 0 saturated carbocycles. The van der Waals surface area contributed by atoms with Gasteiger partial charge >= 0.3 is 0 Å². The SMILES string of the molecule is CCN(Cc1ccc(C#N)cc1)c1ccccc1C. The summed E-state index contributed by atoms with van der Waals surface area (Å²) in [5.74, 6) is 0. The molecule has 96 valence electrons. The van der Waals surface area contributed by atoms with E-state index in [9.17, 15) is 0 Å². The first-order valence-electron chi connectivity index (χ1n) is 6.54. The monoisotopic (exact) mass is 250 g/mol. The lowest BCUT2D eigenvalue weighted by molar-refractivity contribution is 0.828. The summed E-state index contributed by atoms with van der Waals surface area (Å²) in [4.78, 5) is 2.34. The summed E-state index contributed by atoms with van der Waals surface area (Å²) in [6.45, 7) is 6.13. The molecule has 0 heterocycles. The van der Waals surface area contributed by atoms with E-state index in [0.717, 1.165) is 13.1 Å². The molecule has 0 aromatic heterocycles. The zero-order valence-corrected chi connectivity index (χ0v) is 11.4. The second kappa shape index (κ2) is 6.06. The first-order chi connectivity index (χ1) is 9.24. The van der Waals surface area contributed by atoms with E-state index in [-0.39, 0.29) is 0 Å². The van der Waals surface area contributed by atoms with Crippen molar-refractivity contribution in [3.63, 3.8) is 0 Å². The topological polar surface area (TPSA) is 27.0 Å². The summed E-state index contributed by atoms with van der Waals surface area (Å²) in [5, 5.41) is 8.81. The minimum absolute atomic E-state index is 0.711. The van der Waals surface area contributed by atoms with Gasteiger partial charge in [0.05, 0.1) is 11.6 Å². The van der Waals surface area contributed by atoms with Crippen molar-refractivity contribution in [2.24, 2.45) is 0 Å². The van der Waals surface area contributed by atoms with E-state index in [2.05, 4.69) is 49.1 Å². The molecule has 2 rings (SSSR count). The predicted octanol–water partition coefficient (Wildman–Crippen LogP) is 3.89. The van der Waals surface area contributed by atoms with E-state index in [0.29, 0.717) is 5.56 Å². The molecule has 0 fully saturated rings. The zero-order chi connectivity index (χ0) is 13.7. The van der Waals surface area contributed by atoms with Gasteiger partial charge in [-0.1, -0.05) is 30.3 Å². The lowest BCUT2D eigenvalue weighted by Gasteiger charge is -2.25. The quantitative estimate of drug-likeness (QED) is 0.823.